The van der Waals surface area contributed by atoms with Crippen molar-refractivity contribution in [2.45, 2.75) is 13.8 Å². The Balaban J connectivity index is 2.82. The summed E-state index contributed by atoms with van der Waals surface area (Å²) in [6, 6.07) is 10.5. The molecule has 0 bridgehead atoms. The number of thioether (sulfide) groups is 1. The molecule has 0 aliphatic heterocycles. The highest BCUT2D eigenvalue weighted by Crippen LogP contribution is 2.26. The Labute approximate surface area is 78.7 Å². The SMILES string of the molecule is C/C=C(\SCC)c1ccccc1. The van der Waals surface area contributed by atoms with Gasteiger partial charge in [0.05, 0.1) is 0 Å². The van der Waals surface area contributed by atoms with Crippen molar-refractivity contribution in [3.63, 3.8) is 0 Å². The van der Waals surface area contributed by atoms with Crippen LogP contribution in [0, 0.1) is 0 Å². The minimum atomic E-state index is 1.13. The highest BCUT2D eigenvalue weighted by Gasteiger charge is 1.97. The summed E-state index contributed by atoms with van der Waals surface area (Å²) in [5.74, 6) is 1.13. The molecular formula is C11H14S. The van der Waals surface area contributed by atoms with Gasteiger partial charge in [0.1, 0.15) is 0 Å². The number of hydrogen-bond acceptors (Lipinski definition) is 1. The molecule has 0 unspecified atom stereocenters. The fraction of sp³-hybridized carbons (Fsp3) is 0.273. The summed E-state index contributed by atoms with van der Waals surface area (Å²) in [4.78, 5) is 1.37. The first-order chi connectivity index (χ1) is 5.88. The molecule has 1 rings (SSSR count). The minimum Gasteiger partial charge on any atom is -0.126 e. The third-order valence-corrected chi connectivity index (χ3v) is 2.69. The molecule has 0 radical (unpaired) electrons. The maximum absolute atomic E-state index is 2.18. The van der Waals surface area contributed by atoms with Gasteiger partial charge in [0, 0.05) is 4.91 Å². The number of benzene rings is 1. The molecule has 0 aliphatic carbocycles. The van der Waals surface area contributed by atoms with Crippen molar-refractivity contribution in [3.05, 3.63) is 42.0 Å². The fourth-order valence-corrected chi connectivity index (χ4v) is 1.87. The van der Waals surface area contributed by atoms with Gasteiger partial charge in [-0.1, -0.05) is 43.3 Å². The molecule has 64 valence electrons. The summed E-state index contributed by atoms with van der Waals surface area (Å²) in [6.07, 6.45) is 2.17. The zero-order chi connectivity index (χ0) is 8.81. The monoisotopic (exact) mass is 178 g/mol. The van der Waals surface area contributed by atoms with Crippen LogP contribution in [0.1, 0.15) is 19.4 Å². The van der Waals surface area contributed by atoms with Gasteiger partial charge in [-0.3, -0.25) is 0 Å². The summed E-state index contributed by atoms with van der Waals surface area (Å²) >= 11 is 1.89. The minimum absolute atomic E-state index is 1.13. The van der Waals surface area contributed by atoms with E-state index in [1.165, 1.54) is 10.5 Å². The van der Waals surface area contributed by atoms with E-state index in [2.05, 4.69) is 44.2 Å². The van der Waals surface area contributed by atoms with Crippen molar-refractivity contribution in [2.75, 3.05) is 5.75 Å². The molecule has 0 aliphatic rings. The van der Waals surface area contributed by atoms with Gasteiger partial charge in [0.2, 0.25) is 0 Å². The van der Waals surface area contributed by atoms with Crippen molar-refractivity contribution in [3.8, 4) is 0 Å². The largest absolute Gasteiger partial charge is 0.126 e. The second kappa shape index (κ2) is 5.04. The van der Waals surface area contributed by atoms with Gasteiger partial charge >= 0.3 is 0 Å². The van der Waals surface area contributed by atoms with Crippen molar-refractivity contribution < 1.29 is 0 Å². The fourth-order valence-electron chi connectivity index (χ4n) is 1.09. The molecule has 12 heavy (non-hydrogen) atoms. The molecule has 0 saturated heterocycles. The Bertz CT molecular complexity index is 249. The maximum atomic E-state index is 2.18. The molecule has 1 aromatic rings. The van der Waals surface area contributed by atoms with Crippen LogP contribution in [-0.4, -0.2) is 5.75 Å². The van der Waals surface area contributed by atoms with Gasteiger partial charge in [0.25, 0.3) is 0 Å². The van der Waals surface area contributed by atoms with Crippen LogP contribution < -0.4 is 0 Å². The highest BCUT2D eigenvalue weighted by atomic mass is 32.2. The van der Waals surface area contributed by atoms with Crippen LogP contribution in [0.3, 0.4) is 0 Å². The Morgan fingerprint density at radius 1 is 1.33 bits per heavy atom. The van der Waals surface area contributed by atoms with Crippen LogP contribution in [0.15, 0.2) is 36.4 Å². The third kappa shape index (κ3) is 2.42. The second-order valence-electron chi connectivity index (χ2n) is 2.45. The standard InChI is InChI=1S/C11H14S/c1-3-11(12-4-2)10-8-6-5-7-9-10/h3,5-9H,4H2,1-2H3/b11-3-. The molecular weight excluding hydrogens is 164 g/mol. The number of allylic oxidation sites excluding steroid dienone is 1. The van der Waals surface area contributed by atoms with E-state index >= 15 is 0 Å². The molecule has 1 heteroatoms. The molecule has 0 saturated carbocycles. The Kier molecular flexibility index (Phi) is 3.95. The second-order valence-corrected chi connectivity index (χ2v) is 3.76. The molecule has 0 nitrogen and oxygen atoms in total. The summed E-state index contributed by atoms with van der Waals surface area (Å²) in [5, 5.41) is 0. The lowest BCUT2D eigenvalue weighted by Gasteiger charge is -2.03. The van der Waals surface area contributed by atoms with E-state index in [1.807, 2.05) is 17.8 Å². The molecule has 0 spiro atoms. The van der Waals surface area contributed by atoms with Crippen molar-refractivity contribution >= 4 is 16.7 Å². The zero-order valence-electron chi connectivity index (χ0n) is 7.58. The average Bonchev–Trinajstić information content (AvgIpc) is 2.15. The molecule has 1 aromatic carbocycles. The lowest BCUT2D eigenvalue weighted by molar-refractivity contribution is 1.53. The van der Waals surface area contributed by atoms with Crippen LogP contribution in [0.4, 0.5) is 0 Å². The first-order valence-electron chi connectivity index (χ1n) is 4.23. The Morgan fingerprint density at radius 2 is 2.00 bits per heavy atom. The molecule has 0 amide bonds. The topological polar surface area (TPSA) is 0 Å². The smallest absolute Gasteiger partial charge is 0.0102 e. The van der Waals surface area contributed by atoms with Gasteiger partial charge in [-0.2, -0.15) is 0 Å². The van der Waals surface area contributed by atoms with E-state index < -0.39 is 0 Å². The van der Waals surface area contributed by atoms with E-state index in [9.17, 15) is 0 Å². The normalized spacial score (nSPS) is 11.7. The number of hydrogen-bond donors (Lipinski definition) is 0. The highest BCUT2D eigenvalue weighted by molar-refractivity contribution is 8.08. The average molecular weight is 178 g/mol. The molecule has 0 N–H and O–H groups in total. The van der Waals surface area contributed by atoms with Gasteiger partial charge in [-0.25, -0.2) is 0 Å². The first-order valence-corrected chi connectivity index (χ1v) is 5.21. The Morgan fingerprint density at radius 3 is 2.50 bits per heavy atom. The van der Waals surface area contributed by atoms with E-state index in [-0.39, 0.29) is 0 Å². The molecule has 0 atom stereocenters. The van der Waals surface area contributed by atoms with Crippen LogP contribution in [-0.2, 0) is 0 Å². The lowest BCUT2D eigenvalue weighted by atomic mass is 10.2. The summed E-state index contributed by atoms with van der Waals surface area (Å²) < 4.78 is 0. The predicted molar refractivity (Wildman–Crippen MR) is 58.2 cm³/mol. The quantitative estimate of drug-likeness (QED) is 0.678. The van der Waals surface area contributed by atoms with Gasteiger partial charge in [0.15, 0.2) is 0 Å². The third-order valence-electron chi connectivity index (χ3n) is 1.62. The van der Waals surface area contributed by atoms with Crippen LogP contribution in [0.25, 0.3) is 4.91 Å². The molecule has 0 fully saturated rings. The van der Waals surface area contributed by atoms with E-state index in [4.69, 9.17) is 0 Å². The van der Waals surface area contributed by atoms with Gasteiger partial charge < -0.3 is 0 Å². The van der Waals surface area contributed by atoms with Crippen LogP contribution >= 0.6 is 11.8 Å². The number of rotatable bonds is 3. The van der Waals surface area contributed by atoms with Gasteiger partial charge in [-0.05, 0) is 18.2 Å². The summed E-state index contributed by atoms with van der Waals surface area (Å²) in [6.45, 7) is 4.27. The lowest BCUT2D eigenvalue weighted by Crippen LogP contribution is -1.78. The first kappa shape index (κ1) is 9.40. The maximum Gasteiger partial charge on any atom is 0.0102 e. The summed E-state index contributed by atoms with van der Waals surface area (Å²) in [7, 11) is 0. The van der Waals surface area contributed by atoms with Gasteiger partial charge in [-0.15, -0.1) is 11.8 Å². The van der Waals surface area contributed by atoms with Crippen LogP contribution in [0.5, 0.6) is 0 Å². The van der Waals surface area contributed by atoms with E-state index in [0.717, 1.165) is 5.75 Å². The Hall–Kier alpha value is -0.690. The predicted octanol–water partition coefficient (Wildman–Crippen LogP) is 3.80. The van der Waals surface area contributed by atoms with Crippen molar-refractivity contribution in [1.82, 2.24) is 0 Å². The summed E-state index contributed by atoms with van der Waals surface area (Å²) in [5.41, 5.74) is 1.33. The molecule has 0 aromatic heterocycles. The zero-order valence-corrected chi connectivity index (χ0v) is 8.40. The van der Waals surface area contributed by atoms with Crippen molar-refractivity contribution in [1.29, 1.82) is 0 Å². The van der Waals surface area contributed by atoms with Crippen LogP contribution in [0.2, 0.25) is 0 Å². The van der Waals surface area contributed by atoms with E-state index in [1.54, 1.807) is 0 Å². The van der Waals surface area contributed by atoms with Crippen molar-refractivity contribution in [2.24, 2.45) is 0 Å². The van der Waals surface area contributed by atoms with E-state index in [0.29, 0.717) is 0 Å². The molecule has 0 heterocycles.